The molecular formula is C12H19N3O2. The van der Waals surface area contributed by atoms with Gasteiger partial charge in [-0.05, 0) is 12.8 Å². The molecular weight excluding hydrogens is 218 g/mol. The van der Waals surface area contributed by atoms with Crippen LogP contribution in [0.4, 0.5) is 5.82 Å². The minimum atomic E-state index is -0.139. The van der Waals surface area contributed by atoms with Crippen LogP contribution in [0.2, 0.25) is 0 Å². The first kappa shape index (κ1) is 12.1. The van der Waals surface area contributed by atoms with Crippen LogP contribution in [-0.2, 0) is 0 Å². The zero-order chi connectivity index (χ0) is 12.5. The van der Waals surface area contributed by atoms with Crippen molar-refractivity contribution >= 4 is 5.82 Å². The van der Waals surface area contributed by atoms with Gasteiger partial charge in [0.2, 0.25) is 0 Å². The Bertz CT molecular complexity index is 449. The second-order valence-electron chi connectivity index (χ2n) is 5.18. The lowest BCUT2D eigenvalue weighted by atomic mass is 10.1. The molecule has 3 N–H and O–H groups in total. The van der Waals surface area contributed by atoms with Crippen LogP contribution >= 0.6 is 0 Å². The highest BCUT2D eigenvalue weighted by atomic mass is 16.3. The van der Waals surface area contributed by atoms with Gasteiger partial charge in [-0.2, -0.15) is 0 Å². The van der Waals surface area contributed by atoms with E-state index >= 15 is 0 Å². The van der Waals surface area contributed by atoms with Crippen molar-refractivity contribution in [2.45, 2.75) is 32.6 Å². The molecule has 1 aromatic rings. The van der Waals surface area contributed by atoms with Crippen molar-refractivity contribution in [2.75, 3.05) is 18.5 Å². The molecule has 0 spiro atoms. The lowest BCUT2D eigenvalue weighted by molar-refractivity contribution is 0.219. The fourth-order valence-corrected chi connectivity index (χ4v) is 1.69. The summed E-state index contributed by atoms with van der Waals surface area (Å²) in [5, 5.41) is 12.3. The van der Waals surface area contributed by atoms with Crippen molar-refractivity contribution in [3.8, 4) is 0 Å². The summed E-state index contributed by atoms with van der Waals surface area (Å²) in [6, 6.07) is 1.46. The standard InChI is InChI=1S/C12H19N3O2/c1-8(2)11-14-9(5-10(17)15-11)13-6-12(7-16)3-4-12/h5,8,16H,3-4,6-7H2,1-2H3,(H2,13,14,15,17). The largest absolute Gasteiger partial charge is 0.396 e. The van der Waals surface area contributed by atoms with Gasteiger partial charge in [0.05, 0.1) is 6.61 Å². The second kappa shape index (κ2) is 4.49. The van der Waals surface area contributed by atoms with E-state index in [-0.39, 0.29) is 23.5 Å². The van der Waals surface area contributed by atoms with Crippen molar-refractivity contribution in [1.29, 1.82) is 0 Å². The molecule has 5 nitrogen and oxygen atoms in total. The summed E-state index contributed by atoms with van der Waals surface area (Å²) in [6.07, 6.45) is 2.08. The molecule has 1 saturated carbocycles. The van der Waals surface area contributed by atoms with Gasteiger partial charge in [0.1, 0.15) is 11.6 Å². The topological polar surface area (TPSA) is 78.0 Å². The van der Waals surface area contributed by atoms with Gasteiger partial charge in [-0.1, -0.05) is 13.8 Å². The number of aliphatic hydroxyl groups is 1. The normalized spacial score (nSPS) is 17.2. The molecule has 2 rings (SSSR count). The van der Waals surface area contributed by atoms with Crippen LogP contribution < -0.4 is 10.9 Å². The zero-order valence-corrected chi connectivity index (χ0v) is 10.3. The molecule has 1 aliphatic rings. The van der Waals surface area contributed by atoms with Crippen LogP contribution in [0.1, 0.15) is 38.4 Å². The smallest absolute Gasteiger partial charge is 0.252 e. The number of aromatic amines is 1. The predicted octanol–water partition coefficient (Wildman–Crippen LogP) is 1.08. The molecule has 17 heavy (non-hydrogen) atoms. The zero-order valence-electron chi connectivity index (χ0n) is 10.3. The minimum Gasteiger partial charge on any atom is -0.396 e. The van der Waals surface area contributed by atoms with Crippen molar-refractivity contribution in [3.05, 3.63) is 22.2 Å². The van der Waals surface area contributed by atoms with Gasteiger partial charge >= 0.3 is 0 Å². The molecule has 94 valence electrons. The number of nitrogens with zero attached hydrogens (tertiary/aromatic N) is 1. The molecule has 0 bridgehead atoms. The van der Waals surface area contributed by atoms with Gasteiger partial charge in [-0.3, -0.25) is 4.79 Å². The lowest BCUT2D eigenvalue weighted by Crippen LogP contribution is -2.21. The fourth-order valence-electron chi connectivity index (χ4n) is 1.69. The maximum atomic E-state index is 11.4. The Labute approximate surface area is 100 Å². The van der Waals surface area contributed by atoms with Crippen LogP contribution in [0.5, 0.6) is 0 Å². The molecule has 1 fully saturated rings. The third kappa shape index (κ3) is 2.85. The quantitative estimate of drug-likeness (QED) is 0.716. The molecule has 0 aromatic carbocycles. The first-order chi connectivity index (χ1) is 8.04. The highest BCUT2D eigenvalue weighted by Gasteiger charge is 2.41. The highest BCUT2D eigenvalue weighted by Crippen LogP contribution is 2.44. The molecule has 0 unspecified atom stereocenters. The summed E-state index contributed by atoms with van der Waals surface area (Å²) in [5.41, 5.74) is -0.123. The molecule has 0 atom stereocenters. The van der Waals surface area contributed by atoms with E-state index in [2.05, 4.69) is 15.3 Å². The third-order valence-corrected chi connectivity index (χ3v) is 3.24. The summed E-state index contributed by atoms with van der Waals surface area (Å²) < 4.78 is 0. The fraction of sp³-hybridized carbons (Fsp3) is 0.667. The molecule has 0 radical (unpaired) electrons. The second-order valence-corrected chi connectivity index (χ2v) is 5.18. The summed E-state index contributed by atoms with van der Waals surface area (Å²) in [4.78, 5) is 18.5. The summed E-state index contributed by atoms with van der Waals surface area (Å²) in [6.45, 7) is 4.84. The third-order valence-electron chi connectivity index (χ3n) is 3.24. The van der Waals surface area contributed by atoms with Crippen molar-refractivity contribution < 1.29 is 5.11 Å². The molecule has 0 saturated heterocycles. The summed E-state index contributed by atoms with van der Waals surface area (Å²) >= 11 is 0. The van der Waals surface area contributed by atoms with E-state index in [9.17, 15) is 9.90 Å². The van der Waals surface area contributed by atoms with Gasteiger partial charge in [-0.15, -0.1) is 0 Å². The first-order valence-electron chi connectivity index (χ1n) is 6.01. The Kier molecular flexibility index (Phi) is 3.19. The van der Waals surface area contributed by atoms with Crippen molar-refractivity contribution in [2.24, 2.45) is 5.41 Å². The SMILES string of the molecule is CC(C)c1nc(NCC2(CO)CC2)cc(=O)[nH]1. The summed E-state index contributed by atoms with van der Waals surface area (Å²) in [5.74, 6) is 1.48. The molecule has 0 amide bonds. The number of hydrogen-bond acceptors (Lipinski definition) is 4. The van der Waals surface area contributed by atoms with Crippen molar-refractivity contribution in [3.63, 3.8) is 0 Å². The van der Waals surface area contributed by atoms with E-state index in [0.29, 0.717) is 18.2 Å². The lowest BCUT2D eigenvalue weighted by Gasteiger charge is -2.14. The Morgan fingerprint density at radius 1 is 1.59 bits per heavy atom. The number of H-pyrrole nitrogens is 1. The number of aromatic nitrogens is 2. The van der Waals surface area contributed by atoms with Crippen LogP contribution in [0, 0.1) is 5.41 Å². The molecule has 1 heterocycles. The van der Waals surface area contributed by atoms with Crippen LogP contribution in [0.3, 0.4) is 0 Å². The number of rotatable bonds is 5. The number of anilines is 1. The van der Waals surface area contributed by atoms with Gasteiger partial charge in [0, 0.05) is 23.9 Å². The number of nitrogens with one attached hydrogen (secondary N) is 2. The maximum absolute atomic E-state index is 11.4. The average Bonchev–Trinajstić information content (AvgIpc) is 3.06. The van der Waals surface area contributed by atoms with E-state index in [0.717, 1.165) is 12.8 Å². The van der Waals surface area contributed by atoms with Crippen LogP contribution in [0.15, 0.2) is 10.9 Å². The number of hydrogen-bond donors (Lipinski definition) is 3. The van der Waals surface area contributed by atoms with E-state index < -0.39 is 0 Å². The Balaban J connectivity index is 2.08. The number of aliphatic hydroxyl groups excluding tert-OH is 1. The van der Waals surface area contributed by atoms with E-state index in [1.54, 1.807) is 0 Å². The highest BCUT2D eigenvalue weighted by molar-refractivity contribution is 5.34. The maximum Gasteiger partial charge on any atom is 0.252 e. The Hall–Kier alpha value is -1.36. The monoisotopic (exact) mass is 237 g/mol. The van der Waals surface area contributed by atoms with Crippen LogP contribution in [0.25, 0.3) is 0 Å². The first-order valence-corrected chi connectivity index (χ1v) is 6.01. The van der Waals surface area contributed by atoms with E-state index in [4.69, 9.17) is 0 Å². The minimum absolute atomic E-state index is 0.0161. The molecule has 1 aromatic heterocycles. The van der Waals surface area contributed by atoms with Gasteiger partial charge in [-0.25, -0.2) is 4.98 Å². The molecule has 5 heteroatoms. The van der Waals surface area contributed by atoms with Gasteiger partial charge in [0.15, 0.2) is 0 Å². The summed E-state index contributed by atoms with van der Waals surface area (Å²) in [7, 11) is 0. The average molecular weight is 237 g/mol. The molecule has 1 aliphatic carbocycles. The van der Waals surface area contributed by atoms with Gasteiger partial charge in [0.25, 0.3) is 5.56 Å². The Morgan fingerprint density at radius 2 is 2.29 bits per heavy atom. The van der Waals surface area contributed by atoms with Crippen molar-refractivity contribution in [1.82, 2.24) is 9.97 Å². The Morgan fingerprint density at radius 3 is 2.82 bits per heavy atom. The molecule has 0 aliphatic heterocycles. The van der Waals surface area contributed by atoms with Gasteiger partial charge < -0.3 is 15.4 Å². The van der Waals surface area contributed by atoms with E-state index in [1.807, 2.05) is 13.8 Å². The van der Waals surface area contributed by atoms with Crippen LogP contribution in [-0.4, -0.2) is 28.2 Å². The predicted molar refractivity (Wildman–Crippen MR) is 66.2 cm³/mol. The van der Waals surface area contributed by atoms with E-state index in [1.165, 1.54) is 6.07 Å².